The number of methoxy groups -OCH3 is 1. The number of likely N-dealkylation sites (tertiary alicyclic amines) is 1. The van der Waals surface area contributed by atoms with Gasteiger partial charge >= 0.3 is 0 Å². The van der Waals surface area contributed by atoms with Gasteiger partial charge in [0.25, 0.3) is 0 Å². The molecule has 7 heteroatoms. The summed E-state index contributed by atoms with van der Waals surface area (Å²) in [6.07, 6.45) is 2.18. The van der Waals surface area contributed by atoms with Gasteiger partial charge in [-0.05, 0) is 44.4 Å². The van der Waals surface area contributed by atoms with Gasteiger partial charge in [-0.2, -0.15) is 0 Å². The van der Waals surface area contributed by atoms with E-state index in [1.165, 1.54) is 5.56 Å². The largest absolute Gasteiger partial charge is 0.493 e. The summed E-state index contributed by atoms with van der Waals surface area (Å²) >= 11 is 0. The van der Waals surface area contributed by atoms with Crippen LogP contribution in [0.15, 0.2) is 59.6 Å². The second-order valence-corrected chi connectivity index (χ2v) is 8.07. The van der Waals surface area contributed by atoms with E-state index in [2.05, 4.69) is 57.8 Å². The summed E-state index contributed by atoms with van der Waals surface area (Å²) < 4.78 is 11.4. The molecule has 0 spiro atoms. The number of guanidine groups is 1. The number of nitrogens with zero attached hydrogens (tertiary/aromatic N) is 2. The number of hydrogen-bond donors (Lipinski definition) is 2. The molecule has 0 saturated carbocycles. The van der Waals surface area contributed by atoms with E-state index in [1.54, 1.807) is 7.11 Å². The summed E-state index contributed by atoms with van der Waals surface area (Å²) in [6.45, 7) is 7.15. The fraction of sp³-hybridized carbons (Fsp3) is 0.480. The number of halogens is 1. The third-order valence-electron chi connectivity index (χ3n) is 5.88. The molecule has 1 aliphatic heterocycles. The molecular weight excluding hydrogens is 515 g/mol. The Balaban J connectivity index is 0.00000363. The molecule has 2 N–H and O–H groups in total. The molecule has 2 aromatic carbocycles. The Morgan fingerprint density at radius 2 is 1.66 bits per heavy atom. The third kappa shape index (κ3) is 7.55. The van der Waals surface area contributed by atoms with Crippen LogP contribution in [0.25, 0.3) is 0 Å². The Hall–Kier alpha value is -2.00. The smallest absolute Gasteiger partial charge is 0.191 e. The van der Waals surface area contributed by atoms with E-state index in [0.29, 0.717) is 18.6 Å². The van der Waals surface area contributed by atoms with Gasteiger partial charge in [0.15, 0.2) is 17.5 Å². The van der Waals surface area contributed by atoms with Crippen molar-refractivity contribution in [3.8, 4) is 11.5 Å². The first kappa shape index (κ1) is 26.3. The van der Waals surface area contributed by atoms with Crippen molar-refractivity contribution in [2.45, 2.75) is 44.9 Å². The zero-order chi connectivity index (χ0) is 22.1. The summed E-state index contributed by atoms with van der Waals surface area (Å²) in [5.74, 6) is 2.32. The van der Waals surface area contributed by atoms with E-state index in [0.717, 1.165) is 43.4 Å². The van der Waals surface area contributed by atoms with Gasteiger partial charge in [-0.25, -0.2) is 0 Å². The molecule has 0 aromatic heterocycles. The standard InChI is InChI=1S/C25H36N4O2.HI/c1-19(31-24-13-9-8-12-23(24)30-4)18-27-25(26-3)28-22-14-16-29(17-15-22)20(2)21-10-6-5-7-11-21;/h5-13,19-20,22H,14-18H2,1-4H3,(H2,26,27,28);1H. The fourth-order valence-corrected chi connectivity index (χ4v) is 3.98. The second-order valence-electron chi connectivity index (χ2n) is 8.07. The molecule has 0 aliphatic carbocycles. The fourth-order valence-electron chi connectivity index (χ4n) is 3.98. The Labute approximate surface area is 209 Å². The van der Waals surface area contributed by atoms with E-state index < -0.39 is 0 Å². The number of piperidine rings is 1. The van der Waals surface area contributed by atoms with Crippen LogP contribution in [-0.2, 0) is 0 Å². The minimum atomic E-state index is -0.0246. The number of benzene rings is 2. The highest BCUT2D eigenvalue weighted by Gasteiger charge is 2.24. The highest BCUT2D eigenvalue weighted by Crippen LogP contribution is 2.27. The Morgan fingerprint density at radius 1 is 1.03 bits per heavy atom. The maximum absolute atomic E-state index is 6.03. The number of nitrogens with one attached hydrogen (secondary N) is 2. The van der Waals surface area contributed by atoms with E-state index in [-0.39, 0.29) is 30.1 Å². The average molecular weight is 553 g/mol. The number of rotatable bonds is 8. The topological polar surface area (TPSA) is 58.1 Å². The highest BCUT2D eigenvalue weighted by atomic mass is 127. The van der Waals surface area contributed by atoms with E-state index in [4.69, 9.17) is 9.47 Å². The normalized spacial score (nSPS) is 17.1. The van der Waals surface area contributed by atoms with Gasteiger partial charge in [-0.3, -0.25) is 9.89 Å². The Morgan fingerprint density at radius 3 is 2.28 bits per heavy atom. The van der Waals surface area contributed by atoms with E-state index in [9.17, 15) is 0 Å². The van der Waals surface area contributed by atoms with Crippen LogP contribution in [0.5, 0.6) is 11.5 Å². The summed E-state index contributed by atoms with van der Waals surface area (Å²) in [7, 11) is 3.47. The van der Waals surface area contributed by atoms with Crippen LogP contribution in [0.3, 0.4) is 0 Å². The number of aliphatic imine (C=N–C) groups is 1. The molecule has 1 heterocycles. The number of ether oxygens (including phenoxy) is 2. The van der Waals surface area contributed by atoms with Gasteiger partial charge in [0.1, 0.15) is 6.10 Å². The van der Waals surface area contributed by atoms with E-state index in [1.807, 2.05) is 38.2 Å². The van der Waals surface area contributed by atoms with Crippen molar-refractivity contribution in [3.05, 3.63) is 60.2 Å². The van der Waals surface area contributed by atoms with Crippen molar-refractivity contribution < 1.29 is 9.47 Å². The van der Waals surface area contributed by atoms with Crippen molar-refractivity contribution in [1.82, 2.24) is 15.5 Å². The van der Waals surface area contributed by atoms with Crippen LogP contribution in [0.1, 0.15) is 38.3 Å². The highest BCUT2D eigenvalue weighted by molar-refractivity contribution is 14.0. The Bertz CT molecular complexity index is 826. The van der Waals surface area contributed by atoms with Crippen LogP contribution >= 0.6 is 24.0 Å². The Kier molecular flexibility index (Phi) is 11.1. The van der Waals surface area contributed by atoms with Crippen molar-refractivity contribution in [2.75, 3.05) is 33.8 Å². The monoisotopic (exact) mass is 552 g/mol. The van der Waals surface area contributed by atoms with Crippen LogP contribution in [0.4, 0.5) is 0 Å². The van der Waals surface area contributed by atoms with Crippen LogP contribution in [-0.4, -0.2) is 56.8 Å². The molecule has 1 aliphatic rings. The van der Waals surface area contributed by atoms with Gasteiger partial charge in [-0.1, -0.05) is 42.5 Å². The quantitative estimate of drug-likeness (QED) is 0.288. The molecule has 6 nitrogen and oxygen atoms in total. The lowest BCUT2D eigenvalue weighted by Crippen LogP contribution is -2.50. The lowest BCUT2D eigenvalue weighted by Gasteiger charge is -2.37. The van der Waals surface area contributed by atoms with E-state index >= 15 is 0 Å². The first-order chi connectivity index (χ1) is 15.1. The summed E-state index contributed by atoms with van der Waals surface area (Å²) in [5.41, 5.74) is 1.38. The summed E-state index contributed by atoms with van der Waals surface area (Å²) in [5, 5.41) is 6.97. The molecule has 0 bridgehead atoms. The lowest BCUT2D eigenvalue weighted by atomic mass is 10.0. The number of para-hydroxylation sites is 2. The molecule has 2 unspecified atom stereocenters. The van der Waals surface area contributed by atoms with Crippen LogP contribution in [0, 0.1) is 0 Å². The van der Waals surface area contributed by atoms with Crippen molar-refractivity contribution in [2.24, 2.45) is 4.99 Å². The van der Waals surface area contributed by atoms with Gasteiger partial charge in [0.05, 0.1) is 13.7 Å². The zero-order valence-corrected chi connectivity index (χ0v) is 21.9. The molecule has 1 fully saturated rings. The predicted molar refractivity (Wildman–Crippen MR) is 142 cm³/mol. The minimum absolute atomic E-state index is 0. The minimum Gasteiger partial charge on any atom is -0.493 e. The molecular formula is C25H37IN4O2. The average Bonchev–Trinajstić information content (AvgIpc) is 2.82. The first-order valence-corrected chi connectivity index (χ1v) is 11.2. The maximum Gasteiger partial charge on any atom is 0.191 e. The van der Waals surface area contributed by atoms with Crippen molar-refractivity contribution in [3.63, 3.8) is 0 Å². The van der Waals surface area contributed by atoms with Crippen molar-refractivity contribution >= 4 is 29.9 Å². The lowest BCUT2D eigenvalue weighted by molar-refractivity contribution is 0.158. The SMILES string of the molecule is CN=C(NCC(C)Oc1ccccc1OC)NC1CCN(C(C)c2ccccc2)CC1.I. The molecule has 2 aromatic rings. The van der Waals surface area contributed by atoms with Crippen LogP contribution in [0.2, 0.25) is 0 Å². The third-order valence-corrected chi connectivity index (χ3v) is 5.88. The maximum atomic E-state index is 6.03. The summed E-state index contributed by atoms with van der Waals surface area (Å²) in [4.78, 5) is 6.96. The molecule has 3 rings (SSSR count). The van der Waals surface area contributed by atoms with Crippen LogP contribution < -0.4 is 20.1 Å². The van der Waals surface area contributed by atoms with Gasteiger partial charge < -0.3 is 20.1 Å². The molecule has 0 radical (unpaired) electrons. The van der Waals surface area contributed by atoms with Gasteiger partial charge in [-0.15, -0.1) is 24.0 Å². The van der Waals surface area contributed by atoms with Gasteiger partial charge in [0.2, 0.25) is 0 Å². The molecule has 1 saturated heterocycles. The predicted octanol–water partition coefficient (Wildman–Crippen LogP) is 4.47. The van der Waals surface area contributed by atoms with Crippen molar-refractivity contribution in [1.29, 1.82) is 0 Å². The molecule has 176 valence electrons. The molecule has 2 atom stereocenters. The van der Waals surface area contributed by atoms with Gasteiger partial charge in [0, 0.05) is 32.2 Å². The number of hydrogen-bond acceptors (Lipinski definition) is 4. The molecule has 32 heavy (non-hydrogen) atoms. The first-order valence-electron chi connectivity index (χ1n) is 11.2. The summed E-state index contributed by atoms with van der Waals surface area (Å²) in [6, 6.07) is 19.3. The second kappa shape index (κ2) is 13.5. The molecule has 0 amide bonds. The zero-order valence-electron chi connectivity index (χ0n) is 19.6.